The maximum Gasteiger partial charge on any atom is 0.329 e. The smallest absolute Gasteiger partial charge is 0.329 e. The van der Waals surface area contributed by atoms with Gasteiger partial charge in [-0.25, -0.2) is 9.18 Å². The van der Waals surface area contributed by atoms with Gasteiger partial charge in [0.05, 0.1) is 18.1 Å². The lowest BCUT2D eigenvalue weighted by Gasteiger charge is -2.19. The van der Waals surface area contributed by atoms with Crippen molar-refractivity contribution in [2.75, 3.05) is 13.7 Å². The number of benzene rings is 1. The molecule has 8 heteroatoms. The second kappa shape index (κ2) is 7.06. The van der Waals surface area contributed by atoms with E-state index in [2.05, 4.69) is 4.98 Å². The molecule has 0 spiro atoms. The Balaban J connectivity index is 1.87. The fourth-order valence-corrected chi connectivity index (χ4v) is 6.02. The minimum absolute atomic E-state index is 0.0150. The van der Waals surface area contributed by atoms with Crippen molar-refractivity contribution in [2.45, 2.75) is 51.0 Å². The lowest BCUT2D eigenvalue weighted by molar-refractivity contribution is 0.253. The van der Waals surface area contributed by atoms with E-state index in [9.17, 15) is 14.7 Å². The van der Waals surface area contributed by atoms with Gasteiger partial charge in [-0.1, -0.05) is 0 Å². The number of halogens is 1. The lowest BCUT2D eigenvalue weighted by atomic mass is 9.88. The quantitative estimate of drug-likeness (QED) is 0.662. The van der Waals surface area contributed by atoms with Gasteiger partial charge >= 0.3 is 5.69 Å². The number of ether oxygens (including phenoxy) is 1. The van der Waals surface area contributed by atoms with Crippen LogP contribution in [-0.4, -0.2) is 28.4 Å². The number of nitrogens with one attached hydrogen (secondary N) is 1. The molecule has 0 bridgehead atoms. The van der Waals surface area contributed by atoms with Crippen molar-refractivity contribution in [1.82, 2.24) is 9.55 Å². The molecule has 2 aliphatic carbocycles. The van der Waals surface area contributed by atoms with Crippen LogP contribution in [0.2, 0.25) is 0 Å². The highest BCUT2D eigenvalue weighted by Crippen LogP contribution is 2.48. The van der Waals surface area contributed by atoms with Gasteiger partial charge in [0.1, 0.15) is 11.3 Å². The first-order valence-corrected chi connectivity index (χ1v) is 11.1. The van der Waals surface area contributed by atoms with Crippen molar-refractivity contribution in [3.05, 3.63) is 48.7 Å². The van der Waals surface area contributed by atoms with Crippen LogP contribution in [0.15, 0.2) is 15.7 Å². The summed E-state index contributed by atoms with van der Waals surface area (Å²) >= 11 is 1.50. The zero-order chi connectivity index (χ0) is 21.2. The number of aromatic amines is 1. The average Bonchev–Trinajstić information content (AvgIpc) is 3.46. The van der Waals surface area contributed by atoms with Crippen LogP contribution in [0, 0.1) is 12.7 Å². The molecule has 0 radical (unpaired) electrons. The van der Waals surface area contributed by atoms with E-state index in [0.717, 1.165) is 42.5 Å². The molecule has 30 heavy (non-hydrogen) atoms. The number of methoxy groups -OCH3 is 1. The molecule has 5 rings (SSSR count). The zero-order valence-corrected chi connectivity index (χ0v) is 17.7. The molecular weight excluding hydrogens is 407 g/mol. The number of thiophene rings is 1. The van der Waals surface area contributed by atoms with Crippen LogP contribution < -0.4 is 16.0 Å². The Morgan fingerprint density at radius 3 is 2.77 bits per heavy atom. The van der Waals surface area contributed by atoms with Crippen LogP contribution in [0.4, 0.5) is 4.39 Å². The fourth-order valence-electron chi connectivity index (χ4n) is 4.70. The van der Waals surface area contributed by atoms with Gasteiger partial charge in [-0.3, -0.25) is 14.3 Å². The first-order chi connectivity index (χ1) is 14.5. The van der Waals surface area contributed by atoms with Crippen LogP contribution in [0.25, 0.3) is 21.3 Å². The highest BCUT2D eigenvalue weighted by atomic mass is 32.1. The summed E-state index contributed by atoms with van der Waals surface area (Å²) in [6.07, 6.45) is 4.47. The largest absolute Gasteiger partial charge is 0.494 e. The molecule has 2 N–H and O–H groups in total. The van der Waals surface area contributed by atoms with E-state index >= 15 is 4.39 Å². The Labute approximate surface area is 175 Å². The molecule has 0 saturated heterocycles. The van der Waals surface area contributed by atoms with Crippen molar-refractivity contribution in [3.63, 3.8) is 0 Å². The molecule has 6 nitrogen and oxygen atoms in total. The standard InChI is InChI=1S/C22H23FN2O4S/c1-10-16-19(25(12-6-7-12)22(28)24-21(16)27)20(29-2)17(18(10)23)15-8-13-11(9-26)4-3-5-14(13)30-15/h8,11-12,26H,3-7,9H2,1-2H3,(H,24,27,28). The van der Waals surface area contributed by atoms with Gasteiger partial charge in [-0.2, -0.15) is 0 Å². The summed E-state index contributed by atoms with van der Waals surface area (Å²) in [5.41, 5.74) is 0.843. The predicted octanol–water partition coefficient (Wildman–Crippen LogP) is 3.62. The van der Waals surface area contributed by atoms with E-state index in [4.69, 9.17) is 4.74 Å². The normalized spacial score (nSPS) is 18.6. The number of nitrogens with zero attached hydrogens (tertiary/aromatic N) is 1. The van der Waals surface area contributed by atoms with Crippen LogP contribution in [0.5, 0.6) is 5.75 Å². The summed E-state index contributed by atoms with van der Waals surface area (Å²) in [5.74, 6) is -0.228. The molecule has 0 aliphatic heterocycles. The van der Waals surface area contributed by atoms with E-state index < -0.39 is 17.1 Å². The third-order valence-electron chi connectivity index (χ3n) is 6.33. The second-order valence-electron chi connectivity index (χ2n) is 8.19. The molecule has 2 heterocycles. The Bertz CT molecular complexity index is 1290. The summed E-state index contributed by atoms with van der Waals surface area (Å²) in [6.45, 7) is 1.64. The summed E-state index contributed by atoms with van der Waals surface area (Å²) < 4.78 is 22.9. The van der Waals surface area contributed by atoms with E-state index in [0.29, 0.717) is 10.4 Å². The SMILES string of the molecule is COc1c(-c2cc3c(s2)CCCC3CO)c(F)c(C)c2c(=O)[nH]c(=O)n(C3CC3)c12. The molecule has 1 atom stereocenters. The first-order valence-electron chi connectivity index (χ1n) is 10.2. The third kappa shape index (κ3) is 2.77. The van der Waals surface area contributed by atoms with E-state index in [1.54, 1.807) is 11.5 Å². The van der Waals surface area contributed by atoms with E-state index in [-0.39, 0.29) is 40.8 Å². The van der Waals surface area contributed by atoms with Crippen LogP contribution >= 0.6 is 11.3 Å². The van der Waals surface area contributed by atoms with Gasteiger partial charge in [-0.15, -0.1) is 11.3 Å². The van der Waals surface area contributed by atoms with Gasteiger partial charge in [-0.05, 0) is 50.7 Å². The van der Waals surface area contributed by atoms with Crippen molar-refractivity contribution in [1.29, 1.82) is 0 Å². The monoisotopic (exact) mass is 430 g/mol. The minimum atomic E-state index is -0.598. The number of aromatic nitrogens is 2. The topological polar surface area (TPSA) is 84.3 Å². The Hall–Kier alpha value is -2.45. The van der Waals surface area contributed by atoms with Crippen molar-refractivity contribution >= 4 is 22.2 Å². The number of aliphatic hydroxyl groups excluding tert-OH is 1. The maximum atomic E-state index is 15.7. The van der Waals surface area contributed by atoms with Crippen LogP contribution in [0.3, 0.4) is 0 Å². The van der Waals surface area contributed by atoms with Gasteiger partial charge in [0.25, 0.3) is 5.56 Å². The zero-order valence-electron chi connectivity index (χ0n) is 16.9. The number of hydrogen-bond donors (Lipinski definition) is 2. The minimum Gasteiger partial charge on any atom is -0.494 e. The van der Waals surface area contributed by atoms with Gasteiger partial charge < -0.3 is 9.84 Å². The third-order valence-corrected chi connectivity index (χ3v) is 7.56. The lowest BCUT2D eigenvalue weighted by Crippen LogP contribution is -2.31. The molecule has 0 amide bonds. The molecule has 1 aromatic carbocycles. The first kappa shape index (κ1) is 19.5. The van der Waals surface area contributed by atoms with Gasteiger partial charge in [0.2, 0.25) is 0 Å². The Morgan fingerprint density at radius 2 is 2.10 bits per heavy atom. The highest BCUT2D eigenvalue weighted by Gasteiger charge is 2.33. The predicted molar refractivity (Wildman–Crippen MR) is 114 cm³/mol. The summed E-state index contributed by atoms with van der Waals surface area (Å²) in [5, 5.41) is 9.91. The molecular formula is C22H23FN2O4S. The Kier molecular flexibility index (Phi) is 4.59. The summed E-state index contributed by atoms with van der Waals surface area (Å²) in [6, 6.07) is 1.93. The molecule has 2 aliphatic rings. The molecule has 158 valence electrons. The van der Waals surface area contributed by atoms with E-state index in [1.807, 2.05) is 6.07 Å². The van der Waals surface area contributed by atoms with Crippen molar-refractivity contribution in [3.8, 4) is 16.2 Å². The highest BCUT2D eigenvalue weighted by molar-refractivity contribution is 7.15. The fraction of sp³-hybridized carbons (Fsp3) is 0.455. The molecule has 1 fully saturated rings. The van der Waals surface area contributed by atoms with Crippen molar-refractivity contribution in [2.24, 2.45) is 0 Å². The molecule has 1 unspecified atom stereocenters. The summed E-state index contributed by atoms with van der Waals surface area (Å²) in [4.78, 5) is 29.4. The molecule has 3 aromatic rings. The van der Waals surface area contributed by atoms with Crippen molar-refractivity contribution < 1.29 is 14.2 Å². The van der Waals surface area contributed by atoms with Gasteiger partial charge in [0.15, 0.2) is 5.75 Å². The maximum absolute atomic E-state index is 15.7. The summed E-state index contributed by atoms with van der Waals surface area (Å²) in [7, 11) is 1.44. The molecule has 1 saturated carbocycles. The molecule has 2 aromatic heterocycles. The Morgan fingerprint density at radius 1 is 1.33 bits per heavy atom. The second-order valence-corrected chi connectivity index (χ2v) is 9.33. The number of aryl methyl sites for hydroxylation is 2. The van der Waals surface area contributed by atoms with E-state index in [1.165, 1.54) is 18.4 Å². The number of aliphatic hydroxyl groups is 1. The number of rotatable bonds is 4. The number of hydrogen-bond acceptors (Lipinski definition) is 5. The van der Waals surface area contributed by atoms with Gasteiger partial charge in [0, 0.05) is 33.9 Å². The number of H-pyrrole nitrogens is 1. The average molecular weight is 431 g/mol. The van der Waals surface area contributed by atoms with Crippen LogP contribution in [-0.2, 0) is 6.42 Å². The number of fused-ring (bicyclic) bond motifs is 2. The van der Waals surface area contributed by atoms with Crippen LogP contribution in [0.1, 0.15) is 53.6 Å².